The number of rotatable bonds is 10. The summed E-state index contributed by atoms with van der Waals surface area (Å²) in [6.07, 6.45) is 3.57. The van der Waals surface area contributed by atoms with E-state index in [0.717, 1.165) is 23.6 Å². The summed E-state index contributed by atoms with van der Waals surface area (Å²) in [5, 5.41) is 6.49. The molecule has 0 radical (unpaired) electrons. The van der Waals surface area contributed by atoms with Crippen molar-refractivity contribution in [1.29, 1.82) is 0 Å². The van der Waals surface area contributed by atoms with Crippen LogP contribution in [0.15, 0.2) is 72.8 Å². The zero-order chi connectivity index (χ0) is 25.8. The number of nitrogen functional groups attached to an aromatic ring is 1. The molecule has 0 aliphatic heterocycles. The lowest BCUT2D eigenvalue weighted by Crippen LogP contribution is -2.26. The Bertz CT molecular complexity index is 1240. The van der Waals surface area contributed by atoms with Crippen LogP contribution in [0.4, 0.5) is 16.2 Å². The second kappa shape index (κ2) is 11.0. The summed E-state index contributed by atoms with van der Waals surface area (Å²) < 4.78 is 5.51. The molecule has 2 atom stereocenters. The predicted octanol–water partition coefficient (Wildman–Crippen LogP) is 5.15. The number of carbonyl (C=O) groups excluding carboxylic acids is 2. The number of nitrogens with two attached hydrogens (primary N) is 1. The third-order valence-electron chi connectivity index (χ3n) is 7.08. The molecule has 0 heterocycles. The van der Waals surface area contributed by atoms with Crippen LogP contribution in [0.25, 0.3) is 0 Å². The Morgan fingerprint density at radius 2 is 1.68 bits per heavy atom. The van der Waals surface area contributed by atoms with Crippen molar-refractivity contribution in [2.75, 3.05) is 24.6 Å². The fraction of sp³-hybridized carbons (Fsp3) is 0.333. The van der Waals surface area contributed by atoms with Crippen LogP contribution in [0.3, 0.4) is 0 Å². The number of anilines is 2. The van der Waals surface area contributed by atoms with Crippen LogP contribution in [0.1, 0.15) is 52.2 Å². The largest absolute Gasteiger partial charge is 0.445 e. The lowest BCUT2D eigenvalue weighted by Gasteiger charge is -2.17. The summed E-state index contributed by atoms with van der Waals surface area (Å²) in [4.78, 5) is 26.5. The van der Waals surface area contributed by atoms with E-state index in [-0.39, 0.29) is 12.5 Å². The standard InChI is InChI=1S/C30H34N4O3/c1-34(18-21-8-14-24(15-9-21)29(35)33-27-5-3-2-4-26(27)31)30(36)37-19-22-10-12-23(13-11-22)25-16-28(25)32-17-20-6-7-20/h2-5,8-15,20,25,28,32H,6-7,16-19,31H2,1H3,(H,33,35)/t25-,28?/m1/s1. The third kappa shape index (κ3) is 6.68. The first-order chi connectivity index (χ1) is 18.0. The molecule has 1 unspecified atom stereocenters. The van der Waals surface area contributed by atoms with E-state index in [2.05, 4.69) is 22.8 Å². The van der Waals surface area contributed by atoms with E-state index in [1.165, 1.54) is 29.7 Å². The van der Waals surface area contributed by atoms with Gasteiger partial charge in [-0.15, -0.1) is 0 Å². The average molecular weight is 499 g/mol. The fourth-order valence-electron chi connectivity index (χ4n) is 4.45. The van der Waals surface area contributed by atoms with Gasteiger partial charge in [0.2, 0.25) is 0 Å². The van der Waals surface area contributed by atoms with Crippen LogP contribution in [0.2, 0.25) is 0 Å². The summed E-state index contributed by atoms with van der Waals surface area (Å²) in [5.74, 6) is 1.27. The quantitative estimate of drug-likeness (QED) is 0.336. The van der Waals surface area contributed by atoms with Crippen molar-refractivity contribution < 1.29 is 14.3 Å². The highest BCUT2D eigenvalue weighted by Crippen LogP contribution is 2.41. The molecule has 0 aromatic heterocycles. The number of amides is 2. The highest BCUT2D eigenvalue weighted by Gasteiger charge is 2.38. The topological polar surface area (TPSA) is 96.7 Å². The molecule has 7 nitrogen and oxygen atoms in total. The van der Waals surface area contributed by atoms with E-state index in [1.54, 1.807) is 31.3 Å². The average Bonchev–Trinajstić information content (AvgIpc) is 3.84. The van der Waals surface area contributed by atoms with E-state index >= 15 is 0 Å². The van der Waals surface area contributed by atoms with Crippen molar-refractivity contribution in [3.05, 3.63) is 95.1 Å². The number of para-hydroxylation sites is 2. The van der Waals surface area contributed by atoms with Gasteiger partial charge in [0.05, 0.1) is 11.4 Å². The van der Waals surface area contributed by atoms with Gasteiger partial charge in [0.25, 0.3) is 5.91 Å². The lowest BCUT2D eigenvalue weighted by atomic mass is 10.1. The van der Waals surface area contributed by atoms with Gasteiger partial charge in [-0.05, 0) is 72.7 Å². The molecule has 2 aliphatic carbocycles. The number of benzene rings is 3. The summed E-state index contributed by atoms with van der Waals surface area (Å²) in [5.41, 5.74) is 10.7. The minimum absolute atomic E-state index is 0.235. The Morgan fingerprint density at radius 1 is 0.973 bits per heavy atom. The SMILES string of the molecule is CN(Cc1ccc(C(=O)Nc2ccccc2N)cc1)C(=O)OCc1ccc([C@H]2CC2NCC2CC2)cc1. The Hall–Kier alpha value is -3.84. The first-order valence-corrected chi connectivity index (χ1v) is 12.9. The van der Waals surface area contributed by atoms with Crippen LogP contribution in [-0.4, -0.2) is 36.5 Å². The normalized spacial score (nSPS) is 18.2. The van der Waals surface area contributed by atoms with E-state index in [1.807, 2.05) is 36.4 Å². The zero-order valence-electron chi connectivity index (χ0n) is 21.2. The second-order valence-corrected chi connectivity index (χ2v) is 10.2. The summed E-state index contributed by atoms with van der Waals surface area (Å²) >= 11 is 0. The summed E-state index contributed by atoms with van der Waals surface area (Å²) in [6.45, 7) is 1.77. The predicted molar refractivity (Wildman–Crippen MR) is 145 cm³/mol. The van der Waals surface area contributed by atoms with Crippen LogP contribution in [0, 0.1) is 5.92 Å². The molecule has 2 fully saturated rings. The van der Waals surface area contributed by atoms with Gasteiger partial charge in [0.1, 0.15) is 6.61 Å². The molecule has 2 saturated carbocycles. The second-order valence-electron chi connectivity index (χ2n) is 10.2. The van der Waals surface area contributed by atoms with E-state index in [0.29, 0.717) is 35.4 Å². The molecule has 3 aromatic rings. The first-order valence-electron chi connectivity index (χ1n) is 12.9. The molecule has 0 bridgehead atoms. The minimum atomic E-state index is -0.392. The first kappa shape index (κ1) is 24.8. The third-order valence-corrected chi connectivity index (χ3v) is 7.08. The number of hydrogen-bond donors (Lipinski definition) is 3. The van der Waals surface area contributed by atoms with Crippen molar-refractivity contribution in [1.82, 2.24) is 10.2 Å². The van der Waals surface area contributed by atoms with Gasteiger partial charge in [-0.2, -0.15) is 0 Å². The molecule has 2 amide bonds. The smallest absolute Gasteiger partial charge is 0.410 e. The molecular formula is C30H34N4O3. The minimum Gasteiger partial charge on any atom is -0.445 e. The van der Waals surface area contributed by atoms with Crippen molar-refractivity contribution in [3.8, 4) is 0 Å². The van der Waals surface area contributed by atoms with Gasteiger partial charge in [0.15, 0.2) is 0 Å². The maximum absolute atomic E-state index is 12.5. The van der Waals surface area contributed by atoms with E-state index in [4.69, 9.17) is 10.5 Å². The van der Waals surface area contributed by atoms with E-state index in [9.17, 15) is 9.59 Å². The van der Waals surface area contributed by atoms with Gasteiger partial charge < -0.3 is 26.0 Å². The molecule has 3 aromatic carbocycles. The fourth-order valence-corrected chi connectivity index (χ4v) is 4.45. The van der Waals surface area contributed by atoms with Gasteiger partial charge in [-0.1, -0.05) is 48.5 Å². The van der Waals surface area contributed by atoms with Crippen molar-refractivity contribution in [2.24, 2.45) is 5.92 Å². The van der Waals surface area contributed by atoms with Gasteiger partial charge in [-0.3, -0.25) is 4.79 Å². The molecule has 5 rings (SSSR count). The number of nitrogens with zero attached hydrogens (tertiary/aromatic N) is 1. The Kier molecular flexibility index (Phi) is 7.42. The summed E-state index contributed by atoms with van der Waals surface area (Å²) in [6, 6.07) is 23.3. The molecular weight excluding hydrogens is 464 g/mol. The van der Waals surface area contributed by atoms with Crippen molar-refractivity contribution >= 4 is 23.4 Å². The van der Waals surface area contributed by atoms with Crippen LogP contribution in [-0.2, 0) is 17.9 Å². The van der Waals surface area contributed by atoms with Gasteiger partial charge in [-0.25, -0.2) is 4.79 Å². The van der Waals surface area contributed by atoms with Gasteiger partial charge in [0, 0.05) is 31.1 Å². The van der Waals surface area contributed by atoms with E-state index < -0.39 is 6.09 Å². The molecule has 0 saturated heterocycles. The molecule has 4 N–H and O–H groups in total. The molecule has 192 valence electrons. The van der Waals surface area contributed by atoms with Crippen molar-refractivity contribution in [2.45, 2.75) is 44.4 Å². The number of hydrogen-bond acceptors (Lipinski definition) is 5. The van der Waals surface area contributed by atoms with Crippen LogP contribution < -0.4 is 16.4 Å². The highest BCUT2D eigenvalue weighted by atomic mass is 16.6. The number of ether oxygens (including phenoxy) is 1. The van der Waals surface area contributed by atoms with Gasteiger partial charge >= 0.3 is 6.09 Å². The lowest BCUT2D eigenvalue weighted by molar-refractivity contribution is 0.101. The Morgan fingerprint density at radius 3 is 2.38 bits per heavy atom. The molecule has 0 spiro atoms. The molecule has 2 aliphatic rings. The highest BCUT2D eigenvalue weighted by molar-refractivity contribution is 6.05. The Labute approximate surface area is 218 Å². The molecule has 7 heteroatoms. The van der Waals surface area contributed by atoms with Crippen molar-refractivity contribution in [3.63, 3.8) is 0 Å². The monoisotopic (exact) mass is 498 g/mol. The zero-order valence-corrected chi connectivity index (χ0v) is 21.2. The van der Waals surface area contributed by atoms with Crippen LogP contribution >= 0.6 is 0 Å². The molecule has 37 heavy (non-hydrogen) atoms. The van der Waals surface area contributed by atoms with Crippen LogP contribution in [0.5, 0.6) is 0 Å². The Balaban J connectivity index is 1.05. The summed E-state index contributed by atoms with van der Waals surface area (Å²) in [7, 11) is 1.70. The maximum Gasteiger partial charge on any atom is 0.410 e. The number of nitrogens with one attached hydrogen (secondary N) is 2. The number of carbonyl (C=O) groups is 2. The maximum atomic E-state index is 12.5.